The van der Waals surface area contributed by atoms with Crippen molar-refractivity contribution in [1.29, 1.82) is 0 Å². The van der Waals surface area contributed by atoms with Gasteiger partial charge in [0.2, 0.25) is 0 Å². The first-order chi connectivity index (χ1) is 10.0. The topological polar surface area (TPSA) is 49.4 Å². The van der Waals surface area contributed by atoms with Gasteiger partial charge in [0.1, 0.15) is 0 Å². The number of anilines is 1. The minimum absolute atomic E-state index is 0.404. The van der Waals surface area contributed by atoms with Gasteiger partial charge in [0.25, 0.3) is 0 Å². The summed E-state index contributed by atoms with van der Waals surface area (Å²) in [5.41, 5.74) is 1.16. The van der Waals surface area contributed by atoms with Crippen molar-refractivity contribution in [3.8, 4) is 0 Å². The molecule has 4 nitrogen and oxygen atoms in total. The fraction of sp³-hybridized carbons (Fsp3) is 0.625. The fourth-order valence-electron chi connectivity index (χ4n) is 3.09. The number of nitrogens with zero attached hydrogens (tertiary/aromatic N) is 1. The van der Waals surface area contributed by atoms with Gasteiger partial charge in [0, 0.05) is 24.5 Å². The first-order valence-electron chi connectivity index (χ1n) is 7.81. The summed E-state index contributed by atoms with van der Waals surface area (Å²) in [6, 6.07) is 8.05. The van der Waals surface area contributed by atoms with Crippen LogP contribution in [0.15, 0.2) is 29.2 Å². The molecule has 21 heavy (non-hydrogen) atoms. The van der Waals surface area contributed by atoms with E-state index in [1.807, 2.05) is 12.1 Å². The zero-order valence-electron chi connectivity index (χ0n) is 12.6. The van der Waals surface area contributed by atoms with Crippen LogP contribution >= 0.6 is 0 Å². The highest BCUT2D eigenvalue weighted by molar-refractivity contribution is 7.90. The monoisotopic (exact) mass is 308 g/mol. The van der Waals surface area contributed by atoms with Gasteiger partial charge in [-0.1, -0.05) is 0 Å². The van der Waals surface area contributed by atoms with Crippen LogP contribution in [0, 0.1) is 5.92 Å². The lowest BCUT2D eigenvalue weighted by Crippen LogP contribution is -2.39. The predicted molar refractivity (Wildman–Crippen MR) is 85.5 cm³/mol. The minimum atomic E-state index is -3.11. The molecule has 1 saturated heterocycles. The molecule has 0 spiro atoms. The van der Waals surface area contributed by atoms with Gasteiger partial charge < -0.3 is 10.2 Å². The van der Waals surface area contributed by atoms with E-state index >= 15 is 0 Å². The molecule has 0 aromatic heterocycles. The molecule has 1 heterocycles. The molecular weight excluding hydrogens is 284 g/mol. The van der Waals surface area contributed by atoms with E-state index in [1.54, 1.807) is 12.1 Å². The summed E-state index contributed by atoms with van der Waals surface area (Å²) in [7, 11) is -3.11. The van der Waals surface area contributed by atoms with Crippen LogP contribution in [0.2, 0.25) is 0 Å². The van der Waals surface area contributed by atoms with E-state index in [9.17, 15) is 8.42 Å². The van der Waals surface area contributed by atoms with Crippen molar-refractivity contribution in [3.05, 3.63) is 24.3 Å². The number of benzene rings is 1. The Morgan fingerprint density at radius 1 is 1.19 bits per heavy atom. The van der Waals surface area contributed by atoms with E-state index < -0.39 is 9.84 Å². The van der Waals surface area contributed by atoms with Gasteiger partial charge in [0.15, 0.2) is 9.84 Å². The molecule has 1 aliphatic heterocycles. The summed E-state index contributed by atoms with van der Waals surface area (Å²) < 4.78 is 23.1. The first-order valence-corrected chi connectivity index (χ1v) is 9.70. The Morgan fingerprint density at radius 3 is 2.43 bits per heavy atom. The molecule has 1 atom stereocenters. The van der Waals surface area contributed by atoms with Crippen molar-refractivity contribution in [1.82, 2.24) is 5.32 Å². The SMILES string of the molecule is CS(=O)(=O)c1ccc(N(CC2CCCNC2)C2CC2)cc1. The maximum Gasteiger partial charge on any atom is 0.175 e. The highest BCUT2D eigenvalue weighted by atomic mass is 32.2. The van der Waals surface area contributed by atoms with Crippen molar-refractivity contribution < 1.29 is 8.42 Å². The molecule has 2 fully saturated rings. The first kappa shape index (κ1) is 14.9. The molecule has 1 aromatic rings. The number of piperidine rings is 1. The zero-order chi connectivity index (χ0) is 14.9. The van der Waals surface area contributed by atoms with Gasteiger partial charge in [-0.25, -0.2) is 8.42 Å². The van der Waals surface area contributed by atoms with E-state index in [2.05, 4.69) is 10.2 Å². The molecule has 5 heteroatoms. The summed E-state index contributed by atoms with van der Waals surface area (Å²) in [5, 5.41) is 3.47. The summed E-state index contributed by atoms with van der Waals surface area (Å²) in [5.74, 6) is 0.703. The van der Waals surface area contributed by atoms with Crippen LogP contribution in [0.25, 0.3) is 0 Å². The van der Waals surface area contributed by atoms with Gasteiger partial charge in [-0.15, -0.1) is 0 Å². The molecule has 0 amide bonds. The van der Waals surface area contributed by atoms with Crippen LogP contribution in [0.5, 0.6) is 0 Å². The Bertz CT molecular complexity index is 573. The third-order valence-electron chi connectivity index (χ3n) is 4.44. The van der Waals surface area contributed by atoms with Crippen LogP contribution in [-0.2, 0) is 9.84 Å². The summed E-state index contributed by atoms with van der Waals surface area (Å²) in [6.45, 7) is 3.32. The number of hydrogen-bond acceptors (Lipinski definition) is 4. The number of rotatable bonds is 5. The van der Waals surface area contributed by atoms with Gasteiger partial charge in [-0.3, -0.25) is 0 Å². The quantitative estimate of drug-likeness (QED) is 0.904. The average Bonchev–Trinajstić information content (AvgIpc) is 3.30. The maximum absolute atomic E-state index is 11.6. The Morgan fingerprint density at radius 2 is 1.90 bits per heavy atom. The smallest absolute Gasteiger partial charge is 0.175 e. The third kappa shape index (κ3) is 3.77. The zero-order valence-corrected chi connectivity index (χ0v) is 13.4. The van der Waals surface area contributed by atoms with Gasteiger partial charge in [-0.2, -0.15) is 0 Å². The van der Waals surface area contributed by atoms with Gasteiger partial charge in [-0.05, 0) is 69.0 Å². The molecule has 1 saturated carbocycles. The van der Waals surface area contributed by atoms with E-state index in [0.29, 0.717) is 16.9 Å². The Labute approximate surface area is 127 Å². The second kappa shape index (κ2) is 5.97. The second-order valence-electron chi connectivity index (χ2n) is 6.36. The summed E-state index contributed by atoms with van der Waals surface area (Å²) in [4.78, 5) is 2.88. The lowest BCUT2D eigenvalue weighted by Gasteiger charge is -2.32. The van der Waals surface area contributed by atoms with Crippen molar-refractivity contribution >= 4 is 15.5 Å². The van der Waals surface area contributed by atoms with Crippen LogP contribution in [0.1, 0.15) is 25.7 Å². The standard InChI is InChI=1S/C16H24N2O2S/c1-21(19,20)16-8-6-15(7-9-16)18(14-4-5-14)12-13-3-2-10-17-11-13/h6-9,13-14,17H,2-5,10-12H2,1H3. The van der Waals surface area contributed by atoms with Crippen LogP contribution < -0.4 is 10.2 Å². The normalized spacial score (nSPS) is 23.0. The molecule has 1 N–H and O–H groups in total. The van der Waals surface area contributed by atoms with Crippen LogP contribution in [0.4, 0.5) is 5.69 Å². The molecule has 1 unspecified atom stereocenters. The fourth-order valence-corrected chi connectivity index (χ4v) is 3.72. The Balaban J connectivity index is 1.74. The molecule has 116 valence electrons. The molecule has 2 aliphatic rings. The van der Waals surface area contributed by atoms with E-state index in [1.165, 1.54) is 31.9 Å². The number of hydrogen-bond donors (Lipinski definition) is 1. The second-order valence-corrected chi connectivity index (χ2v) is 8.38. The maximum atomic E-state index is 11.6. The molecule has 1 aromatic carbocycles. The summed E-state index contributed by atoms with van der Waals surface area (Å²) in [6.07, 6.45) is 6.32. The van der Waals surface area contributed by atoms with Crippen molar-refractivity contribution in [2.45, 2.75) is 36.6 Å². The lowest BCUT2D eigenvalue weighted by molar-refractivity contribution is 0.376. The summed E-state index contributed by atoms with van der Waals surface area (Å²) >= 11 is 0. The highest BCUT2D eigenvalue weighted by Crippen LogP contribution is 2.33. The molecule has 0 bridgehead atoms. The van der Waals surface area contributed by atoms with E-state index in [4.69, 9.17) is 0 Å². The van der Waals surface area contributed by atoms with E-state index in [0.717, 1.165) is 25.3 Å². The van der Waals surface area contributed by atoms with Crippen molar-refractivity contribution in [2.75, 3.05) is 30.8 Å². The van der Waals surface area contributed by atoms with Crippen LogP contribution in [-0.4, -0.2) is 40.3 Å². The van der Waals surface area contributed by atoms with Crippen molar-refractivity contribution in [2.24, 2.45) is 5.92 Å². The predicted octanol–water partition coefficient (Wildman–Crippen LogP) is 2.06. The largest absolute Gasteiger partial charge is 0.368 e. The number of sulfone groups is 1. The lowest BCUT2D eigenvalue weighted by atomic mass is 9.98. The Kier molecular flexibility index (Phi) is 4.22. The minimum Gasteiger partial charge on any atom is -0.368 e. The van der Waals surface area contributed by atoms with Crippen molar-refractivity contribution in [3.63, 3.8) is 0 Å². The average molecular weight is 308 g/mol. The molecule has 1 aliphatic carbocycles. The van der Waals surface area contributed by atoms with Gasteiger partial charge >= 0.3 is 0 Å². The highest BCUT2D eigenvalue weighted by Gasteiger charge is 2.31. The van der Waals surface area contributed by atoms with E-state index in [-0.39, 0.29) is 0 Å². The number of nitrogens with one attached hydrogen (secondary N) is 1. The molecule has 3 rings (SSSR count). The van der Waals surface area contributed by atoms with Crippen LogP contribution in [0.3, 0.4) is 0 Å². The molecular formula is C16H24N2O2S. The third-order valence-corrected chi connectivity index (χ3v) is 5.57. The van der Waals surface area contributed by atoms with Gasteiger partial charge in [0.05, 0.1) is 4.90 Å². The Hall–Kier alpha value is -1.07. The molecule has 0 radical (unpaired) electrons.